The quantitative estimate of drug-likeness (QED) is 0.836. The summed E-state index contributed by atoms with van der Waals surface area (Å²) in [5.41, 5.74) is 1.22. The highest BCUT2D eigenvalue weighted by Crippen LogP contribution is 2.40. The fourth-order valence-corrected chi connectivity index (χ4v) is 3.96. The molecule has 1 saturated heterocycles. The summed E-state index contributed by atoms with van der Waals surface area (Å²) in [5, 5.41) is 3.33. The summed E-state index contributed by atoms with van der Waals surface area (Å²) < 4.78 is 0. The molecule has 2 aliphatic heterocycles. The van der Waals surface area contributed by atoms with Crippen molar-refractivity contribution in [3.63, 3.8) is 0 Å². The van der Waals surface area contributed by atoms with Crippen LogP contribution < -0.4 is 5.32 Å². The van der Waals surface area contributed by atoms with Crippen LogP contribution >= 0.6 is 11.8 Å². The van der Waals surface area contributed by atoms with Crippen LogP contribution in [0.4, 0.5) is 0 Å². The van der Waals surface area contributed by atoms with Crippen LogP contribution in [-0.2, 0) is 4.79 Å². The van der Waals surface area contributed by atoms with Crippen LogP contribution in [0.5, 0.6) is 0 Å². The van der Waals surface area contributed by atoms with Crippen molar-refractivity contribution in [1.29, 1.82) is 0 Å². The van der Waals surface area contributed by atoms with Crippen molar-refractivity contribution in [3.05, 3.63) is 29.8 Å². The lowest BCUT2D eigenvalue weighted by Gasteiger charge is -2.35. The average molecular weight is 262 g/mol. The molecule has 1 amide bonds. The maximum Gasteiger partial charge on any atom is 0.231 e. The molecule has 0 bridgehead atoms. The Bertz CT molecular complexity index is 463. The molecule has 2 heterocycles. The van der Waals surface area contributed by atoms with Gasteiger partial charge in [0.25, 0.3) is 0 Å². The topological polar surface area (TPSA) is 32.3 Å². The molecule has 4 heteroatoms. The van der Waals surface area contributed by atoms with E-state index in [0.717, 1.165) is 25.4 Å². The van der Waals surface area contributed by atoms with Crippen LogP contribution in [0.25, 0.3) is 0 Å². The number of thioether (sulfide) groups is 1. The summed E-state index contributed by atoms with van der Waals surface area (Å²) in [6, 6.07) is 8.61. The van der Waals surface area contributed by atoms with Crippen LogP contribution in [0.3, 0.4) is 0 Å². The number of carbonyl (C=O) groups is 1. The molecular weight excluding hydrogens is 244 g/mol. The number of rotatable bonds is 1. The Hall–Kier alpha value is -1.00. The van der Waals surface area contributed by atoms with Gasteiger partial charge >= 0.3 is 0 Å². The van der Waals surface area contributed by atoms with Gasteiger partial charge in [0.2, 0.25) is 5.91 Å². The summed E-state index contributed by atoms with van der Waals surface area (Å²) in [6.07, 6.45) is 0. The highest BCUT2D eigenvalue weighted by molar-refractivity contribution is 7.99. The van der Waals surface area contributed by atoms with E-state index in [1.54, 1.807) is 11.8 Å². The summed E-state index contributed by atoms with van der Waals surface area (Å²) in [6.45, 7) is 4.78. The molecule has 96 valence electrons. The molecule has 0 aromatic heterocycles. The number of piperazine rings is 1. The maximum atomic E-state index is 12.7. The second-order valence-electron chi connectivity index (χ2n) is 4.99. The molecule has 18 heavy (non-hydrogen) atoms. The third kappa shape index (κ3) is 2.04. The van der Waals surface area contributed by atoms with Gasteiger partial charge in [0.05, 0.1) is 5.92 Å². The van der Waals surface area contributed by atoms with E-state index in [0.29, 0.717) is 11.9 Å². The Morgan fingerprint density at radius 2 is 2.28 bits per heavy atom. The zero-order valence-electron chi connectivity index (χ0n) is 10.6. The van der Waals surface area contributed by atoms with Crippen molar-refractivity contribution in [2.24, 2.45) is 0 Å². The molecule has 1 unspecified atom stereocenters. The Kier molecular flexibility index (Phi) is 3.31. The fourth-order valence-electron chi connectivity index (χ4n) is 2.74. The minimum Gasteiger partial charge on any atom is -0.337 e. The molecule has 0 saturated carbocycles. The van der Waals surface area contributed by atoms with Gasteiger partial charge in [-0.3, -0.25) is 4.79 Å². The minimum atomic E-state index is 0.0618. The van der Waals surface area contributed by atoms with E-state index < -0.39 is 0 Å². The van der Waals surface area contributed by atoms with Crippen molar-refractivity contribution < 1.29 is 4.79 Å². The normalized spacial score (nSPS) is 27.1. The highest BCUT2D eigenvalue weighted by atomic mass is 32.2. The number of carbonyl (C=O) groups excluding carboxylic acids is 1. The predicted octanol–water partition coefficient (Wildman–Crippen LogP) is 1.70. The second-order valence-corrected chi connectivity index (χ2v) is 6.05. The summed E-state index contributed by atoms with van der Waals surface area (Å²) in [4.78, 5) is 16.0. The van der Waals surface area contributed by atoms with Crippen LogP contribution in [0.15, 0.2) is 29.2 Å². The van der Waals surface area contributed by atoms with Gasteiger partial charge in [0.1, 0.15) is 0 Å². The first-order valence-corrected chi connectivity index (χ1v) is 7.49. The average Bonchev–Trinajstić information content (AvgIpc) is 2.82. The molecule has 2 aliphatic rings. The smallest absolute Gasteiger partial charge is 0.231 e. The standard InChI is InChI=1S/C14H18N2OS/c1-10-8-15-6-7-16(10)14(17)12-9-18-13-5-3-2-4-11(12)13/h2-5,10,12,15H,6-9H2,1H3/t10-,12?/m0/s1. The first-order valence-electron chi connectivity index (χ1n) is 6.50. The van der Waals surface area contributed by atoms with Gasteiger partial charge in [0, 0.05) is 36.3 Å². The number of amides is 1. The molecule has 3 rings (SSSR count). The van der Waals surface area contributed by atoms with E-state index in [1.165, 1.54) is 10.5 Å². The fraction of sp³-hybridized carbons (Fsp3) is 0.500. The maximum absolute atomic E-state index is 12.7. The largest absolute Gasteiger partial charge is 0.337 e. The van der Waals surface area contributed by atoms with Gasteiger partial charge in [-0.05, 0) is 18.6 Å². The Morgan fingerprint density at radius 3 is 3.11 bits per heavy atom. The molecular formula is C14H18N2OS. The van der Waals surface area contributed by atoms with E-state index in [4.69, 9.17) is 0 Å². The summed E-state index contributed by atoms with van der Waals surface area (Å²) >= 11 is 1.81. The van der Waals surface area contributed by atoms with Crippen LogP contribution in [0, 0.1) is 0 Å². The predicted molar refractivity (Wildman–Crippen MR) is 74.0 cm³/mol. The summed E-state index contributed by atoms with van der Waals surface area (Å²) in [5.74, 6) is 1.27. The lowest BCUT2D eigenvalue weighted by atomic mass is 9.98. The minimum absolute atomic E-state index is 0.0618. The lowest BCUT2D eigenvalue weighted by Crippen LogP contribution is -2.53. The lowest BCUT2D eigenvalue weighted by molar-refractivity contribution is -0.135. The molecule has 2 atom stereocenters. The van der Waals surface area contributed by atoms with Crippen LogP contribution in [-0.4, -0.2) is 42.2 Å². The van der Waals surface area contributed by atoms with E-state index in [9.17, 15) is 4.79 Å². The van der Waals surface area contributed by atoms with Crippen molar-refractivity contribution in [3.8, 4) is 0 Å². The Labute approximate surface area is 112 Å². The third-order valence-electron chi connectivity index (χ3n) is 3.78. The number of nitrogens with one attached hydrogen (secondary N) is 1. The van der Waals surface area contributed by atoms with Crippen LogP contribution in [0.2, 0.25) is 0 Å². The molecule has 0 spiro atoms. The SMILES string of the molecule is C[C@H]1CNCCN1C(=O)C1CSc2ccccc21. The molecule has 0 radical (unpaired) electrons. The number of nitrogens with zero attached hydrogens (tertiary/aromatic N) is 1. The van der Waals surface area contributed by atoms with Crippen molar-refractivity contribution in [2.45, 2.75) is 23.8 Å². The van der Waals surface area contributed by atoms with Gasteiger partial charge < -0.3 is 10.2 Å². The molecule has 1 aromatic carbocycles. The van der Waals surface area contributed by atoms with E-state index in [2.05, 4.69) is 24.4 Å². The Balaban J connectivity index is 1.82. The number of benzene rings is 1. The zero-order chi connectivity index (χ0) is 12.5. The van der Waals surface area contributed by atoms with Gasteiger partial charge in [-0.1, -0.05) is 18.2 Å². The van der Waals surface area contributed by atoms with E-state index in [-0.39, 0.29) is 5.92 Å². The molecule has 1 aromatic rings. The first-order chi connectivity index (χ1) is 8.77. The summed E-state index contributed by atoms with van der Waals surface area (Å²) in [7, 11) is 0. The zero-order valence-corrected chi connectivity index (χ0v) is 11.4. The number of hydrogen-bond acceptors (Lipinski definition) is 3. The van der Waals surface area contributed by atoms with Gasteiger partial charge in [-0.25, -0.2) is 0 Å². The van der Waals surface area contributed by atoms with Crippen LogP contribution in [0.1, 0.15) is 18.4 Å². The highest BCUT2D eigenvalue weighted by Gasteiger charge is 2.34. The monoisotopic (exact) mass is 262 g/mol. The first kappa shape index (κ1) is 12.1. The van der Waals surface area contributed by atoms with E-state index >= 15 is 0 Å². The molecule has 3 nitrogen and oxygen atoms in total. The molecule has 1 N–H and O–H groups in total. The number of hydrogen-bond donors (Lipinski definition) is 1. The van der Waals surface area contributed by atoms with Gasteiger partial charge in [-0.15, -0.1) is 11.8 Å². The van der Waals surface area contributed by atoms with E-state index in [1.807, 2.05) is 17.0 Å². The van der Waals surface area contributed by atoms with Crippen molar-refractivity contribution in [2.75, 3.05) is 25.4 Å². The Morgan fingerprint density at radius 1 is 1.44 bits per heavy atom. The third-order valence-corrected chi connectivity index (χ3v) is 4.97. The molecule has 1 fully saturated rings. The van der Waals surface area contributed by atoms with Crippen molar-refractivity contribution >= 4 is 17.7 Å². The second kappa shape index (κ2) is 4.94. The molecule has 0 aliphatic carbocycles. The number of fused-ring (bicyclic) bond motifs is 1. The van der Waals surface area contributed by atoms with Gasteiger partial charge in [0.15, 0.2) is 0 Å². The van der Waals surface area contributed by atoms with Crippen molar-refractivity contribution in [1.82, 2.24) is 10.2 Å². The van der Waals surface area contributed by atoms with Gasteiger partial charge in [-0.2, -0.15) is 0 Å².